The van der Waals surface area contributed by atoms with Crippen molar-refractivity contribution >= 4 is 27.7 Å². The summed E-state index contributed by atoms with van der Waals surface area (Å²) in [5, 5.41) is 0. The Bertz CT molecular complexity index is 922. The number of nitrogens with one attached hydrogen (secondary N) is 2. The van der Waals surface area contributed by atoms with Gasteiger partial charge in [0.1, 0.15) is 0 Å². The van der Waals surface area contributed by atoms with Gasteiger partial charge in [0.2, 0.25) is 21.8 Å². The Morgan fingerprint density at radius 2 is 1.74 bits per heavy atom. The monoisotopic (exact) mass is 452 g/mol. The molecular formula is C21H32N4O5S. The molecular weight excluding hydrogens is 420 g/mol. The van der Waals surface area contributed by atoms with E-state index in [4.69, 9.17) is 0 Å². The molecule has 1 heterocycles. The van der Waals surface area contributed by atoms with Crippen LogP contribution in [-0.2, 0) is 24.4 Å². The maximum absolute atomic E-state index is 12.6. The second-order valence-electron chi connectivity index (χ2n) is 8.95. The maximum atomic E-state index is 12.6. The van der Waals surface area contributed by atoms with Gasteiger partial charge in [-0.15, -0.1) is 0 Å². The third kappa shape index (κ3) is 6.51. The number of rotatable bonds is 5. The summed E-state index contributed by atoms with van der Waals surface area (Å²) in [6.07, 6.45) is 1.31. The molecule has 0 radical (unpaired) electrons. The van der Waals surface area contributed by atoms with E-state index in [0.717, 1.165) is 9.87 Å². The quantitative estimate of drug-likeness (QED) is 0.648. The molecule has 1 aromatic rings. The van der Waals surface area contributed by atoms with Gasteiger partial charge in [-0.05, 0) is 31.9 Å². The van der Waals surface area contributed by atoms with Crippen LogP contribution in [0, 0.1) is 18.3 Å². The normalized spacial score (nSPS) is 17.4. The van der Waals surface area contributed by atoms with E-state index < -0.39 is 39.7 Å². The number of sulfonamides is 1. The minimum Gasteiger partial charge on any atom is -0.341 e. The van der Waals surface area contributed by atoms with E-state index >= 15 is 0 Å². The lowest BCUT2D eigenvalue weighted by Crippen LogP contribution is -2.52. The smallest absolute Gasteiger partial charge is 0.253 e. The summed E-state index contributed by atoms with van der Waals surface area (Å²) in [6, 6.07) is 6.32. The van der Waals surface area contributed by atoms with E-state index in [9.17, 15) is 22.8 Å². The molecule has 2 N–H and O–H groups in total. The topological polar surface area (TPSA) is 116 Å². The van der Waals surface area contributed by atoms with E-state index in [0.29, 0.717) is 25.9 Å². The first-order chi connectivity index (χ1) is 14.3. The molecule has 1 aromatic carbocycles. The Morgan fingerprint density at radius 3 is 2.32 bits per heavy atom. The van der Waals surface area contributed by atoms with Crippen LogP contribution in [0.4, 0.5) is 0 Å². The highest BCUT2D eigenvalue weighted by Crippen LogP contribution is 2.23. The molecule has 1 unspecified atom stereocenters. The molecule has 1 aliphatic rings. The fourth-order valence-corrected chi connectivity index (χ4v) is 4.43. The third-order valence-corrected chi connectivity index (χ3v) is 6.96. The van der Waals surface area contributed by atoms with Crippen LogP contribution in [0.5, 0.6) is 0 Å². The van der Waals surface area contributed by atoms with Gasteiger partial charge in [-0.1, -0.05) is 38.5 Å². The Morgan fingerprint density at radius 1 is 1.13 bits per heavy atom. The van der Waals surface area contributed by atoms with Gasteiger partial charge in [0.05, 0.1) is 17.4 Å². The SMILES string of the molecule is Cc1ccc(S(=O)(=O)N(C)CC(=O)NNC(=O)C2CCCN(C(=O)C(C)(C)C)C2)cc1. The number of hydrazine groups is 1. The zero-order chi connectivity index (χ0) is 23.4. The lowest BCUT2D eigenvalue weighted by atomic mass is 9.91. The first-order valence-corrected chi connectivity index (χ1v) is 11.7. The van der Waals surface area contributed by atoms with Gasteiger partial charge in [-0.25, -0.2) is 8.42 Å². The van der Waals surface area contributed by atoms with Crippen molar-refractivity contribution in [1.29, 1.82) is 0 Å². The minimum absolute atomic E-state index is 0.0167. The molecule has 1 atom stereocenters. The van der Waals surface area contributed by atoms with Crippen LogP contribution in [0.1, 0.15) is 39.2 Å². The summed E-state index contributed by atoms with van der Waals surface area (Å²) in [5.41, 5.74) is 5.02. The number of carbonyl (C=O) groups is 3. The van der Waals surface area contributed by atoms with E-state index in [2.05, 4.69) is 10.9 Å². The van der Waals surface area contributed by atoms with Gasteiger partial charge >= 0.3 is 0 Å². The fourth-order valence-electron chi connectivity index (χ4n) is 3.30. The molecule has 1 saturated heterocycles. The molecule has 1 fully saturated rings. The molecule has 0 saturated carbocycles. The molecule has 10 heteroatoms. The summed E-state index contributed by atoms with van der Waals surface area (Å²) in [7, 11) is -2.53. The van der Waals surface area contributed by atoms with Crippen molar-refractivity contribution in [3.8, 4) is 0 Å². The first kappa shape index (κ1) is 24.8. The van der Waals surface area contributed by atoms with Gasteiger partial charge in [0.25, 0.3) is 5.91 Å². The van der Waals surface area contributed by atoms with Gasteiger partial charge in [0, 0.05) is 25.6 Å². The zero-order valence-corrected chi connectivity index (χ0v) is 19.6. The molecule has 9 nitrogen and oxygen atoms in total. The van der Waals surface area contributed by atoms with E-state index in [1.165, 1.54) is 19.2 Å². The van der Waals surface area contributed by atoms with Gasteiger partial charge in [-0.3, -0.25) is 25.2 Å². The molecule has 2 rings (SSSR count). The van der Waals surface area contributed by atoms with Crippen molar-refractivity contribution in [2.45, 2.75) is 45.4 Å². The lowest BCUT2D eigenvalue weighted by molar-refractivity contribution is -0.143. The lowest BCUT2D eigenvalue weighted by Gasteiger charge is -2.35. The van der Waals surface area contributed by atoms with Crippen molar-refractivity contribution in [1.82, 2.24) is 20.1 Å². The predicted octanol–water partition coefficient (Wildman–Crippen LogP) is 1.05. The van der Waals surface area contributed by atoms with Crippen molar-refractivity contribution < 1.29 is 22.8 Å². The second kappa shape index (κ2) is 9.78. The number of likely N-dealkylation sites (tertiary alicyclic amines) is 1. The Labute approximate surface area is 184 Å². The standard InChI is InChI=1S/C21H32N4O5S/c1-15-8-10-17(11-9-15)31(29,30)24(5)14-18(26)22-23-19(27)16-7-6-12-25(13-16)20(28)21(2,3)4/h8-11,16H,6-7,12-14H2,1-5H3,(H,22,26)(H,23,27). The average Bonchev–Trinajstić information content (AvgIpc) is 2.71. The zero-order valence-electron chi connectivity index (χ0n) is 18.8. The number of hydrogen-bond donors (Lipinski definition) is 2. The molecule has 0 spiro atoms. The Balaban J connectivity index is 1.88. The number of hydrogen-bond acceptors (Lipinski definition) is 5. The molecule has 0 aromatic heterocycles. The van der Waals surface area contributed by atoms with Crippen LogP contribution in [0.15, 0.2) is 29.2 Å². The van der Waals surface area contributed by atoms with E-state index in [-0.39, 0.29) is 10.8 Å². The molecule has 31 heavy (non-hydrogen) atoms. The predicted molar refractivity (Wildman–Crippen MR) is 116 cm³/mol. The van der Waals surface area contributed by atoms with Crippen LogP contribution < -0.4 is 10.9 Å². The van der Waals surface area contributed by atoms with Crippen molar-refractivity contribution in [3.05, 3.63) is 29.8 Å². The number of nitrogens with zero attached hydrogens (tertiary/aromatic N) is 2. The van der Waals surface area contributed by atoms with Crippen molar-refractivity contribution in [2.24, 2.45) is 11.3 Å². The summed E-state index contributed by atoms with van der Waals surface area (Å²) in [4.78, 5) is 38.9. The van der Waals surface area contributed by atoms with Crippen LogP contribution in [0.25, 0.3) is 0 Å². The number of amides is 3. The largest absolute Gasteiger partial charge is 0.341 e. The Kier molecular flexibility index (Phi) is 7.82. The highest BCUT2D eigenvalue weighted by atomic mass is 32.2. The molecule has 1 aliphatic heterocycles. The summed E-state index contributed by atoms with van der Waals surface area (Å²) >= 11 is 0. The molecule has 172 valence electrons. The van der Waals surface area contributed by atoms with Crippen LogP contribution >= 0.6 is 0 Å². The second-order valence-corrected chi connectivity index (χ2v) is 11.0. The molecule has 3 amide bonds. The van der Waals surface area contributed by atoms with Crippen molar-refractivity contribution in [2.75, 3.05) is 26.7 Å². The Hall–Kier alpha value is -2.46. The number of benzene rings is 1. The number of piperidine rings is 1. The number of carbonyl (C=O) groups excluding carboxylic acids is 3. The van der Waals surface area contributed by atoms with Gasteiger partial charge in [-0.2, -0.15) is 4.31 Å². The summed E-state index contributed by atoms with van der Waals surface area (Å²) < 4.78 is 26.1. The van der Waals surface area contributed by atoms with Crippen molar-refractivity contribution in [3.63, 3.8) is 0 Å². The fraction of sp³-hybridized carbons (Fsp3) is 0.571. The van der Waals surface area contributed by atoms with Crippen LogP contribution in [0.2, 0.25) is 0 Å². The highest BCUT2D eigenvalue weighted by molar-refractivity contribution is 7.89. The van der Waals surface area contributed by atoms with Crippen LogP contribution in [-0.4, -0.2) is 62.0 Å². The highest BCUT2D eigenvalue weighted by Gasteiger charge is 2.33. The number of likely N-dealkylation sites (N-methyl/N-ethyl adjacent to an activating group) is 1. The van der Waals surface area contributed by atoms with Gasteiger partial charge in [0.15, 0.2) is 0 Å². The summed E-state index contributed by atoms with van der Waals surface area (Å²) in [5.74, 6) is -1.51. The van der Waals surface area contributed by atoms with Gasteiger partial charge < -0.3 is 4.90 Å². The maximum Gasteiger partial charge on any atom is 0.253 e. The summed E-state index contributed by atoms with van der Waals surface area (Å²) in [6.45, 7) is 7.80. The third-order valence-electron chi connectivity index (χ3n) is 5.14. The van der Waals surface area contributed by atoms with Crippen LogP contribution in [0.3, 0.4) is 0 Å². The average molecular weight is 453 g/mol. The minimum atomic E-state index is -3.83. The number of aryl methyl sites for hydroxylation is 1. The molecule has 0 bridgehead atoms. The van der Waals surface area contributed by atoms with E-state index in [1.807, 2.05) is 27.7 Å². The molecule has 0 aliphatic carbocycles. The van der Waals surface area contributed by atoms with E-state index in [1.54, 1.807) is 17.0 Å². The first-order valence-electron chi connectivity index (χ1n) is 10.2.